The minimum absolute atomic E-state index is 0.0855. The van der Waals surface area contributed by atoms with Crippen LogP contribution in [0, 0.1) is 5.92 Å². The zero-order valence-electron chi connectivity index (χ0n) is 11.6. The topological polar surface area (TPSA) is 60.4 Å². The quantitative estimate of drug-likeness (QED) is 0.545. The van der Waals surface area contributed by atoms with E-state index in [0.29, 0.717) is 17.7 Å². The van der Waals surface area contributed by atoms with Crippen LogP contribution >= 0.6 is 10.7 Å². The highest BCUT2D eigenvalue weighted by atomic mass is 35.7. The molecule has 1 aromatic rings. The van der Waals surface area contributed by atoms with E-state index in [4.69, 9.17) is 15.4 Å². The van der Waals surface area contributed by atoms with Gasteiger partial charge in [0.15, 0.2) is 5.78 Å². The molecular formula is C14H19ClO4S. The second kappa shape index (κ2) is 7.64. The minimum atomic E-state index is -3.55. The fraction of sp³-hybridized carbons (Fsp3) is 0.500. The van der Waals surface area contributed by atoms with E-state index in [-0.39, 0.29) is 24.1 Å². The zero-order chi connectivity index (χ0) is 15.2. The maximum atomic E-state index is 11.5. The molecule has 0 aromatic heterocycles. The minimum Gasteiger partial charge on any atom is -0.493 e. The van der Waals surface area contributed by atoms with Gasteiger partial charge >= 0.3 is 0 Å². The van der Waals surface area contributed by atoms with Gasteiger partial charge in [0.2, 0.25) is 9.05 Å². The van der Waals surface area contributed by atoms with Gasteiger partial charge in [-0.15, -0.1) is 0 Å². The van der Waals surface area contributed by atoms with Crippen LogP contribution in [0.2, 0.25) is 0 Å². The van der Waals surface area contributed by atoms with Gasteiger partial charge in [0.1, 0.15) is 5.75 Å². The van der Waals surface area contributed by atoms with Gasteiger partial charge in [0, 0.05) is 16.6 Å². The summed E-state index contributed by atoms with van der Waals surface area (Å²) in [6.07, 6.45) is 1.54. The summed E-state index contributed by atoms with van der Waals surface area (Å²) in [5.41, 5.74) is 0.497. The van der Waals surface area contributed by atoms with E-state index in [1.165, 1.54) is 6.92 Å². The Morgan fingerprint density at radius 1 is 1.35 bits per heavy atom. The highest BCUT2D eigenvalue weighted by Crippen LogP contribution is 2.21. The van der Waals surface area contributed by atoms with Crippen molar-refractivity contribution in [1.82, 2.24) is 0 Å². The third-order valence-electron chi connectivity index (χ3n) is 2.87. The summed E-state index contributed by atoms with van der Waals surface area (Å²) in [6, 6.07) is 6.92. The van der Waals surface area contributed by atoms with Gasteiger partial charge in [0.25, 0.3) is 0 Å². The number of carbonyl (C=O) groups excluding carboxylic acids is 1. The van der Waals surface area contributed by atoms with Crippen molar-refractivity contribution in [2.24, 2.45) is 5.92 Å². The third-order valence-corrected chi connectivity index (χ3v) is 4.12. The molecule has 0 saturated heterocycles. The Labute approximate surface area is 124 Å². The monoisotopic (exact) mass is 318 g/mol. The average Bonchev–Trinajstić information content (AvgIpc) is 2.34. The van der Waals surface area contributed by atoms with Gasteiger partial charge < -0.3 is 4.74 Å². The molecule has 0 aliphatic rings. The van der Waals surface area contributed by atoms with Crippen molar-refractivity contribution >= 4 is 25.5 Å². The molecular weight excluding hydrogens is 300 g/mol. The van der Waals surface area contributed by atoms with E-state index in [9.17, 15) is 13.2 Å². The van der Waals surface area contributed by atoms with E-state index >= 15 is 0 Å². The first-order valence-corrected chi connectivity index (χ1v) is 8.96. The summed E-state index contributed by atoms with van der Waals surface area (Å²) < 4.78 is 27.9. The molecule has 0 bridgehead atoms. The summed E-state index contributed by atoms with van der Waals surface area (Å²) in [6.45, 7) is 3.66. The average molecular weight is 319 g/mol. The Morgan fingerprint density at radius 3 is 2.55 bits per heavy atom. The molecule has 0 spiro atoms. The zero-order valence-corrected chi connectivity index (χ0v) is 13.2. The highest BCUT2D eigenvalue weighted by Gasteiger charge is 2.18. The SMILES string of the molecule is CCCC(COc1ccccc1C(C)=O)CS(=O)(=O)Cl. The molecule has 0 heterocycles. The molecule has 0 radical (unpaired) electrons. The molecule has 1 rings (SSSR count). The third kappa shape index (κ3) is 5.92. The first kappa shape index (κ1) is 17.0. The smallest absolute Gasteiger partial charge is 0.232 e. The second-order valence-electron chi connectivity index (χ2n) is 4.72. The van der Waals surface area contributed by atoms with E-state index < -0.39 is 9.05 Å². The van der Waals surface area contributed by atoms with Gasteiger partial charge in [-0.25, -0.2) is 8.42 Å². The van der Waals surface area contributed by atoms with E-state index in [2.05, 4.69) is 0 Å². The number of rotatable bonds is 8. The molecule has 0 aliphatic carbocycles. The van der Waals surface area contributed by atoms with Crippen LogP contribution in [0.4, 0.5) is 0 Å². The number of ether oxygens (including phenoxy) is 1. The Balaban J connectivity index is 2.75. The van der Waals surface area contributed by atoms with Crippen LogP contribution in [0.5, 0.6) is 5.75 Å². The lowest BCUT2D eigenvalue weighted by Gasteiger charge is -2.16. The van der Waals surface area contributed by atoms with E-state index in [1.807, 2.05) is 6.92 Å². The van der Waals surface area contributed by atoms with Crippen LogP contribution in [0.15, 0.2) is 24.3 Å². The van der Waals surface area contributed by atoms with Gasteiger partial charge in [0.05, 0.1) is 17.9 Å². The standard InChI is InChI=1S/C14H19ClO4S/c1-3-6-12(10-20(15,17)18)9-19-14-8-5-4-7-13(14)11(2)16/h4-5,7-8,12H,3,6,9-10H2,1-2H3. The molecule has 0 saturated carbocycles. The number of carbonyl (C=O) groups is 1. The molecule has 1 atom stereocenters. The Morgan fingerprint density at radius 2 is 2.00 bits per heavy atom. The van der Waals surface area contributed by atoms with Gasteiger partial charge in [-0.3, -0.25) is 4.79 Å². The number of halogens is 1. The summed E-state index contributed by atoms with van der Waals surface area (Å²) in [7, 11) is 1.74. The van der Waals surface area contributed by atoms with Crippen molar-refractivity contribution < 1.29 is 17.9 Å². The fourth-order valence-electron chi connectivity index (χ4n) is 2.00. The number of benzene rings is 1. The predicted octanol–water partition coefficient (Wildman–Crippen LogP) is 3.25. The molecule has 112 valence electrons. The first-order valence-electron chi connectivity index (χ1n) is 6.48. The van der Waals surface area contributed by atoms with Crippen molar-refractivity contribution in [3.05, 3.63) is 29.8 Å². The van der Waals surface area contributed by atoms with Crippen molar-refractivity contribution in [3.63, 3.8) is 0 Å². The largest absolute Gasteiger partial charge is 0.493 e. The van der Waals surface area contributed by atoms with Crippen LogP contribution in [0.25, 0.3) is 0 Å². The molecule has 4 nitrogen and oxygen atoms in total. The maximum Gasteiger partial charge on any atom is 0.232 e. The lowest BCUT2D eigenvalue weighted by molar-refractivity contribution is 0.101. The van der Waals surface area contributed by atoms with Crippen LogP contribution in [-0.2, 0) is 9.05 Å². The Bertz CT molecular complexity index is 554. The van der Waals surface area contributed by atoms with Crippen molar-refractivity contribution in [2.75, 3.05) is 12.4 Å². The first-order chi connectivity index (χ1) is 9.33. The van der Waals surface area contributed by atoms with Crippen LogP contribution in [0.3, 0.4) is 0 Å². The second-order valence-corrected chi connectivity index (χ2v) is 7.55. The lowest BCUT2D eigenvalue weighted by Crippen LogP contribution is -2.20. The number of Topliss-reactive ketones (excluding diaryl/α,β-unsaturated/α-hetero) is 1. The normalized spacial score (nSPS) is 12.9. The fourth-order valence-corrected chi connectivity index (χ4v) is 3.36. The van der Waals surface area contributed by atoms with E-state index in [0.717, 1.165) is 6.42 Å². The molecule has 0 aliphatic heterocycles. The number of para-hydroxylation sites is 1. The Kier molecular flexibility index (Phi) is 6.49. The lowest BCUT2D eigenvalue weighted by atomic mass is 10.1. The van der Waals surface area contributed by atoms with Gasteiger partial charge in [-0.2, -0.15) is 0 Å². The van der Waals surface area contributed by atoms with E-state index in [1.54, 1.807) is 24.3 Å². The van der Waals surface area contributed by atoms with Gasteiger partial charge in [-0.05, 0) is 25.5 Å². The Hall–Kier alpha value is -1.07. The number of hydrogen-bond donors (Lipinski definition) is 0. The molecule has 6 heteroatoms. The molecule has 0 fully saturated rings. The maximum absolute atomic E-state index is 11.5. The molecule has 0 amide bonds. The molecule has 1 aromatic carbocycles. The van der Waals surface area contributed by atoms with Crippen molar-refractivity contribution in [1.29, 1.82) is 0 Å². The molecule has 1 unspecified atom stereocenters. The molecule has 20 heavy (non-hydrogen) atoms. The predicted molar refractivity (Wildman–Crippen MR) is 80.0 cm³/mol. The molecule has 0 N–H and O–H groups in total. The van der Waals surface area contributed by atoms with Crippen LogP contribution in [-0.4, -0.2) is 26.6 Å². The summed E-state index contributed by atoms with van der Waals surface area (Å²) in [4.78, 5) is 11.5. The van der Waals surface area contributed by atoms with Crippen molar-refractivity contribution in [3.8, 4) is 5.75 Å². The van der Waals surface area contributed by atoms with Crippen LogP contribution < -0.4 is 4.74 Å². The highest BCUT2D eigenvalue weighted by molar-refractivity contribution is 8.13. The summed E-state index contributed by atoms with van der Waals surface area (Å²) in [5, 5.41) is 0. The van der Waals surface area contributed by atoms with Crippen molar-refractivity contribution in [2.45, 2.75) is 26.7 Å². The van der Waals surface area contributed by atoms with Gasteiger partial charge in [-0.1, -0.05) is 25.5 Å². The summed E-state index contributed by atoms with van der Waals surface area (Å²) >= 11 is 0. The number of hydrogen-bond acceptors (Lipinski definition) is 4. The number of ketones is 1. The summed E-state index contributed by atoms with van der Waals surface area (Å²) in [5.74, 6) is 0.0955. The van der Waals surface area contributed by atoms with Crippen LogP contribution in [0.1, 0.15) is 37.0 Å².